The molecule has 1 rings (SSSR count). The summed E-state index contributed by atoms with van der Waals surface area (Å²) in [4.78, 5) is 10.4. The molecular formula is C8H12O4. The van der Waals surface area contributed by atoms with Crippen LogP contribution in [0.25, 0.3) is 0 Å². The van der Waals surface area contributed by atoms with E-state index in [9.17, 15) is 4.79 Å². The van der Waals surface area contributed by atoms with Crippen molar-refractivity contribution in [1.82, 2.24) is 0 Å². The molecule has 1 saturated heterocycles. The molecule has 4 nitrogen and oxygen atoms in total. The number of ether oxygens (including phenoxy) is 1. The first-order valence-corrected chi connectivity index (χ1v) is 3.92. The molecule has 1 unspecified atom stereocenters. The highest BCUT2D eigenvalue weighted by molar-refractivity contribution is 5.86. The number of aliphatic hydroxyl groups excluding tert-OH is 1. The van der Waals surface area contributed by atoms with E-state index in [1.165, 1.54) is 0 Å². The topological polar surface area (TPSA) is 66.8 Å². The summed E-state index contributed by atoms with van der Waals surface area (Å²) in [7, 11) is 0. The van der Waals surface area contributed by atoms with Crippen LogP contribution in [0.15, 0.2) is 11.8 Å². The lowest BCUT2D eigenvalue weighted by molar-refractivity contribution is -0.133. The van der Waals surface area contributed by atoms with Gasteiger partial charge in [-0.15, -0.1) is 0 Å². The van der Waals surface area contributed by atoms with Gasteiger partial charge in [0.15, 0.2) is 0 Å². The molecule has 1 aliphatic heterocycles. The van der Waals surface area contributed by atoms with Gasteiger partial charge >= 0.3 is 5.97 Å². The highest BCUT2D eigenvalue weighted by atomic mass is 16.5. The molecule has 0 aromatic heterocycles. The molecule has 4 heteroatoms. The Kier molecular flexibility index (Phi) is 3.10. The lowest BCUT2D eigenvalue weighted by atomic mass is 10.1. The standard InChI is InChI=1S/C8H12O4/c9-5-6(8(10)11)4-7-2-1-3-12-7/h5,7,9H,1-4H2,(H,10,11). The zero-order chi connectivity index (χ0) is 8.97. The predicted molar refractivity (Wildman–Crippen MR) is 41.9 cm³/mol. The Hall–Kier alpha value is -1.03. The molecule has 0 aliphatic carbocycles. The number of hydrogen-bond acceptors (Lipinski definition) is 3. The quantitative estimate of drug-likeness (QED) is 0.493. The fourth-order valence-corrected chi connectivity index (χ4v) is 1.25. The first-order valence-electron chi connectivity index (χ1n) is 3.92. The second kappa shape index (κ2) is 4.11. The predicted octanol–water partition coefficient (Wildman–Crippen LogP) is 1.08. The van der Waals surface area contributed by atoms with Crippen molar-refractivity contribution in [3.63, 3.8) is 0 Å². The second-order valence-electron chi connectivity index (χ2n) is 2.80. The Morgan fingerprint density at radius 1 is 1.67 bits per heavy atom. The summed E-state index contributed by atoms with van der Waals surface area (Å²) in [5.74, 6) is -1.08. The van der Waals surface area contributed by atoms with Gasteiger partial charge in [-0.3, -0.25) is 0 Å². The Morgan fingerprint density at radius 3 is 2.83 bits per heavy atom. The molecule has 0 amide bonds. The van der Waals surface area contributed by atoms with Crippen molar-refractivity contribution < 1.29 is 19.7 Å². The molecule has 12 heavy (non-hydrogen) atoms. The van der Waals surface area contributed by atoms with Gasteiger partial charge in [-0.2, -0.15) is 0 Å². The van der Waals surface area contributed by atoms with Crippen molar-refractivity contribution in [3.8, 4) is 0 Å². The van der Waals surface area contributed by atoms with Gasteiger partial charge in [-0.05, 0) is 12.8 Å². The van der Waals surface area contributed by atoms with Crippen LogP contribution in [0.3, 0.4) is 0 Å². The number of aliphatic hydroxyl groups is 1. The SMILES string of the molecule is O=C(O)C(=CO)CC1CCCO1. The Bertz CT molecular complexity index is 191. The molecule has 0 bridgehead atoms. The van der Waals surface area contributed by atoms with E-state index in [1.54, 1.807) is 0 Å². The summed E-state index contributed by atoms with van der Waals surface area (Å²) in [5, 5.41) is 17.1. The van der Waals surface area contributed by atoms with E-state index in [4.69, 9.17) is 14.9 Å². The van der Waals surface area contributed by atoms with Crippen LogP contribution < -0.4 is 0 Å². The minimum atomic E-state index is -1.08. The Morgan fingerprint density at radius 2 is 2.42 bits per heavy atom. The minimum Gasteiger partial charge on any atom is -0.515 e. The van der Waals surface area contributed by atoms with E-state index < -0.39 is 5.97 Å². The summed E-state index contributed by atoms with van der Waals surface area (Å²) in [6.45, 7) is 0.697. The van der Waals surface area contributed by atoms with Crippen LogP contribution in [0, 0.1) is 0 Å². The lowest BCUT2D eigenvalue weighted by Crippen LogP contribution is -2.11. The molecule has 1 heterocycles. The molecule has 0 saturated carbocycles. The molecule has 1 atom stereocenters. The van der Waals surface area contributed by atoms with Gasteiger partial charge in [0.25, 0.3) is 0 Å². The average molecular weight is 172 g/mol. The van der Waals surface area contributed by atoms with Gasteiger partial charge in [0.2, 0.25) is 0 Å². The van der Waals surface area contributed by atoms with Gasteiger partial charge in [0.05, 0.1) is 17.9 Å². The van der Waals surface area contributed by atoms with E-state index in [0.29, 0.717) is 19.3 Å². The fraction of sp³-hybridized carbons (Fsp3) is 0.625. The maximum absolute atomic E-state index is 10.4. The summed E-state index contributed by atoms with van der Waals surface area (Å²) < 4.78 is 5.22. The number of aliphatic carboxylic acids is 1. The highest BCUT2D eigenvalue weighted by Gasteiger charge is 2.20. The second-order valence-corrected chi connectivity index (χ2v) is 2.80. The van der Waals surface area contributed by atoms with Crippen molar-refractivity contribution in [2.75, 3.05) is 6.61 Å². The Balaban J connectivity index is 2.42. The zero-order valence-electron chi connectivity index (χ0n) is 6.69. The third-order valence-corrected chi connectivity index (χ3v) is 1.90. The highest BCUT2D eigenvalue weighted by Crippen LogP contribution is 2.19. The molecule has 0 radical (unpaired) electrons. The van der Waals surface area contributed by atoms with Crippen LogP contribution in [0.1, 0.15) is 19.3 Å². The molecule has 0 aromatic rings. The molecular weight excluding hydrogens is 160 g/mol. The smallest absolute Gasteiger partial charge is 0.334 e. The number of carboxylic acid groups (broad SMARTS) is 1. The normalized spacial score (nSPS) is 24.3. The molecule has 0 aromatic carbocycles. The first-order chi connectivity index (χ1) is 5.74. The summed E-state index contributed by atoms with van der Waals surface area (Å²) in [6.07, 6.45) is 2.77. The van der Waals surface area contributed by atoms with Crippen LogP contribution in [0.5, 0.6) is 0 Å². The average Bonchev–Trinajstić information content (AvgIpc) is 2.51. The monoisotopic (exact) mass is 172 g/mol. The van der Waals surface area contributed by atoms with E-state index in [0.717, 1.165) is 12.8 Å². The van der Waals surface area contributed by atoms with Crippen molar-refractivity contribution in [3.05, 3.63) is 11.8 Å². The van der Waals surface area contributed by atoms with E-state index >= 15 is 0 Å². The van der Waals surface area contributed by atoms with Crippen LogP contribution in [0.2, 0.25) is 0 Å². The van der Waals surface area contributed by atoms with Gasteiger partial charge in [0, 0.05) is 13.0 Å². The summed E-state index contributed by atoms with van der Waals surface area (Å²) in [6, 6.07) is 0. The fourth-order valence-electron chi connectivity index (χ4n) is 1.25. The molecule has 1 aliphatic rings. The van der Waals surface area contributed by atoms with Crippen molar-refractivity contribution in [1.29, 1.82) is 0 Å². The van der Waals surface area contributed by atoms with Crippen molar-refractivity contribution in [2.45, 2.75) is 25.4 Å². The maximum atomic E-state index is 10.4. The van der Waals surface area contributed by atoms with Crippen LogP contribution in [-0.2, 0) is 9.53 Å². The zero-order valence-corrected chi connectivity index (χ0v) is 6.69. The van der Waals surface area contributed by atoms with Crippen LogP contribution in [-0.4, -0.2) is 28.9 Å². The molecule has 68 valence electrons. The largest absolute Gasteiger partial charge is 0.515 e. The third-order valence-electron chi connectivity index (χ3n) is 1.90. The first kappa shape index (κ1) is 9.06. The summed E-state index contributed by atoms with van der Waals surface area (Å²) in [5.41, 5.74) is 0.0156. The number of rotatable bonds is 3. The van der Waals surface area contributed by atoms with Gasteiger partial charge in [-0.1, -0.05) is 0 Å². The van der Waals surface area contributed by atoms with E-state index in [-0.39, 0.29) is 11.7 Å². The van der Waals surface area contributed by atoms with E-state index in [1.807, 2.05) is 0 Å². The van der Waals surface area contributed by atoms with Crippen LogP contribution >= 0.6 is 0 Å². The maximum Gasteiger partial charge on any atom is 0.334 e. The molecule has 1 fully saturated rings. The number of hydrogen-bond donors (Lipinski definition) is 2. The third kappa shape index (κ3) is 2.23. The van der Waals surface area contributed by atoms with Crippen molar-refractivity contribution >= 4 is 5.97 Å². The van der Waals surface area contributed by atoms with Gasteiger partial charge in [-0.25, -0.2) is 4.79 Å². The van der Waals surface area contributed by atoms with Gasteiger partial charge in [0.1, 0.15) is 0 Å². The molecule has 2 N–H and O–H groups in total. The van der Waals surface area contributed by atoms with E-state index in [2.05, 4.69) is 0 Å². The summed E-state index contributed by atoms with van der Waals surface area (Å²) >= 11 is 0. The van der Waals surface area contributed by atoms with Crippen LogP contribution in [0.4, 0.5) is 0 Å². The lowest BCUT2D eigenvalue weighted by Gasteiger charge is -2.07. The number of carbonyl (C=O) groups is 1. The van der Waals surface area contributed by atoms with Crippen molar-refractivity contribution in [2.24, 2.45) is 0 Å². The number of carboxylic acids is 1. The van der Waals surface area contributed by atoms with Gasteiger partial charge < -0.3 is 14.9 Å². The molecule has 0 spiro atoms. The minimum absolute atomic E-state index is 0.0156. The Labute approximate surface area is 70.5 Å².